The Morgan fingerprint density at radius 1 is 1.19 bits per heavy atom. The predicted molar refractivity (Wildman–Crippen MR) is 101 cm³/mol. The van der Waals surface area contributed by atoms with Crippen molar-refractivity contribution in [3.63, 3.8) is 0 Å². The Hall–Kier alpha value is -2.80. The SMILES string of the molecule is Cc1sc(Nc2ccc(F)cc2F)nc1C(=O)N1CCc2ccccc2C1. The van der Waals surface area contributed by atoms with E-state index < -0.39 is 11.6 Å². The number of nitrogens with one attached hydrogen (secondary N) is 1. The molecule has 1 aromatic heterocycles. The predicted octanol–water partition coefficient (Wildman–Crippen LogP) is 4.67. The van der Waals surface area contributed by atoms with Crippen LogP contribution >= 0.6 is 11.3 Å². The first-order valence-electron chi connectivity index (χ1n) is 8.57. The van der Waals surface area contributed by atoms with Crippen LogP contribution in [0.1, 0.15) is 26.5 Å². The van der Waals surface area contributed by atoms with Gasteiger partial charge in [0.05, 0.1) is 5.69 Å². The molecule has 2 heterocycles. The summed E-state index contributed by atoms with van der Waals surface area (Å²) in [6, 6.07) is 11.4. The standard InChI is InChI=1S/C20H17F2N3OS/c1-12-18(19(26)25-9-8-13-4-2-3-5-14(13)11-25)24-20(27-12)23-17-7-6-15(21)10-16(17)22/h2-7,10H,8-9,11H2,1H3,(H,23,24). The van der Waals surface area contributed by atoms with Gasteiger partial charge in [0.1, 0.15) is 17.3 Å². The van der Waals surface area contributed by atoms with Crippen LogP contribution in [-0.4, -0.2) is 22.3 Å². The molecule has 1 aliphatic rings. The Kier molecular flexibility index (Phi) is 4.61. The maximum Gasteiger partial charge on any atom is 0.274 e. The molecule has 2 aromatic carbocycles. The number of anilines is 2. The molecular weight excluding hydrogens is 368 g/mol. The summed E-state index contributed by atoms with van der Waals surface area (Å²) in [5.41, 5.74) is 2.91. The van der Waals surface area contributed by atoms with Crippen LogP contribution < -0.4 is 5.32 Å². The molecule has 1 N–H and O–H groups in total. The zero-order valence-electron chi connectivity index (χ0n) is 14.6. The molecular formula is C20H17F2N3OS. The van der Waals surface area contributed by atoms with E-state index in [-0.39, 0.29) is 11.6 Å². The van der Waals surface area contributed by atoms with Crippen molar-refractivity contribution < 1.29 is 13.6 Å². The van der Waals surface area contributed by atoms with Gasteiger partial charge in [0.15, 0.2) is 5.13 Å². The normalized spacial score (nSPS) is 13.4. The van der Waals surface area contributed by atoms with Crippen molar-refractivity contribution in [2.75, 3.05) is 11.9 Å². The molecule has 0 saturated heterocycles. The number of carbonyl (C=O) groups is 1. The molecule has 3 aromatic rings. The molecule has 0 fully saturated rings. The van der Waals surface area contributed by atoms with Crippen LogP contribution in [-0.2, 0) is 13.0 Å². The van der Waals surface area contributed by atoms with E-state index in [0.29, 0.717) is 23.9 Å². The molecule has 138 valence electrons. The van der Waals surface area contributed by atoms with E-state index in [2.05, 4.69) is 16.4 Å². The van der Waals surface area contributed by atoms with E-state index in [0.717, 1.165) is 22.9 Å². The fourth-order valence-corrected chi connectivity index (χ4v) is 3.99. The minimum atomic E-state index is -0.705. The number of aryl methyl sites for hydroxylation is 1. The molecule has 0 bridgehead atoms. The van der Waals surface area contributed by atoms with Gasteiger partial charge >= 0.3 is 0 Å². The largest absolute Gasteiger partial charge is 0.333 e. The molecule has 4 rings (SSSR count). The molecule has 1 aliphatic heterocycles. The van der Waals surface area contributed by atoms with Crippen molar-refractivity contribution in [3.05, 3.63) is 75.8 Å². The summed E-state index contributed by atoms with van der Waals surface area (Å²) in [4.78, 5) is 19.8. The van der Waals surface area contributed by atoms with Gasteiger partial charge < -0.3 is 10.2 Å². The van der Waals surface area contributed by atoms with Crippen molar-refractivity contribution in [2.45, 2.75) is 19.9 Å². The van der Waals surface area contributed by atoms with Gasteiger partial charge in [-0.15, -0.1) is 11.3 Å². The molecule has 0 atom stereocenters. The number of rotatable bonds is 3. The molecule has 1 amide bonds. The Balaban J connectivity index is 1.54. The van der Waals surface area contributed by atoms with Crippen LogP contribution in [0.2, 0.25) is 0 Å². The highest BCUT2D eigenvalue weighted by molar-refractivity contribution is 7.15. The highest BCUT2D eigenvalue weighted by Crippen LogP contribution is 2.29. The van der Waals surface area contributed by atoms with E-state index in [1.54, 1.807) is 4.90 Å². The Labute approximate surface area is 159 Å². The lowest BCUT2D eigenvalue weighted by molar-refractivity contribution is 0.0729. The minimum Gasteiger partial charge on any atom is -0.333 e. The fourth-order valence-electron chi connectivity index (χ4n) is 3.17. The van der Waals surface area contributed by atoms with Crippen LogP contribution in [0.4, 0.5) is 19.6 Å². The molecule has 0 radical (unpaired) electrons. The molecule has 0 unspecified atom stereocenters. The maximum absolute atomic E-state index is 13.8. The van der Waals surface area contributed by atoms with Crippen LogP contribution in [0, 0.1) is 18.6 Å². The molecule has 0 spiro atoms. The summed E-state index contributed by atoms with van der Waals surface area (Å²) >= 11 is 1.27. The smallest absolute Gasteiger partial charge is 0.274 e. The zero-order valence-corrected chi connectivity index (χ0v) is 15.4. The number of thiazole rings is 1. The van der Waals surface area contributed by atoms with Gasteiger partial charge in [-0.2, -0.15) is 0 Å². The first-order chi connectivity index (χ1) is 13.0. The van der Waals surface area contributed by atoms with E-state index in [4.69, 9.17) is 0 Å². The number of fused-ring (bicyclic) bond motifs is 1. The minimum absolute atomic E-state index is 0.121. The highest BCUT2D eigenvalue weighted by atomic mass is 32.1. The second-order valence-electron chi connectivity index (χ2n) is 6.42. The highest BCUT2D eigenvalue weighted by Gasteiger charge is 2.25. The summed E-state index contributed by atoms with van der Waals surface area (Å²) in [7, 11) is 0. The summed E-state index contributed by atoms with van der Waals surface area (Å²) in [5, 5.41) is 3.23. The van der Waals surface area contributed by atoms with Crippen molar-refractivity contribution >= 4 is 28.1 Å². The van der Waals surface area contributed by atoms with Crippen molar-refractivity contribution in [2.24, 2.45) is 0 Å². The lowest BCUT2D eigenvalue weighted by Gasteiger charge is -2.28. The van der Waals surface area contributed by atoms with E-state index in [1.807, 2.05) is 25.1 Å². The van der Waals surface area contributed by atoms with Crippen LogP contribution in [0.15, 0.2) is 42.5 Å². The monoisotopic (exact) mass is 385 g/mol. The van der Waals surface area contributed by atoms with E-state index >= 15 is 0 Å². The summed E-state index contributed by atoms with van der Waals surface area (Å²) in [6.07, 6.45) is 0.816. The van der Waals surface area contributed by atoms with Crippen LogP contribution in [0.3, 0.4) is 0 Å². The third-order valence-electron chi connectivity index (χ3n) is 4.59. The summed E-state index contributed by atoms with van der Waals surface area (Å²) < 4.78 is 26.9. The van der Waals surface area contributed by atoms with Crippen LogP contribution in [0.25, 0.3) is 0 Å². The van der Waals surface area contributed by atoms with Gasteiger partial charge in [0.25, 0.3) is 5.91 Å². The molecule has 27 heavy (non-hydrogen) atoms. The Bertz CT molecular complexity index is 1020. The molecule has 0 aliphatic carbocycles. The lowest BCUT2D eigenvalue weighted by Crippen LogP contribution is -2.36. The quantitative estimate of drug-likeness (QED) is 0.713. The van der Waals surface area contributed by atoms with Gasteiger partial charge in [-0.05, 0) is 36.6 Å². The number of carbonyl (C=O) groups excluding carboxylic acids is 1. The first kappa shape index (κ1) is 17.6. The fraction of sp³-hybridized carbons (Fsp3) is 0.200. The average Bonchev–Trinajstić information content (AvgIpc) is 3.03. The van der Waals surface area contributed by atoms with Crippen LogP contribution in [0.5, 0.6) is 0 Å². The number of nitrogens with zero attached hydrogens (tertiary/aromatic N) is 2. The van der Waals surface area contributed by atoms with Gasteiger partial charge in [-0.3, -0.25) is 4.79 Å². The van der Waals surface area contributed by atoms with Gasteiger partial charge in [0, 0.05) is 24.0 Å². The van der Waals surface area contributed by atoms with E-state index in [1.165, 1.54) is 29.0 Å². The Morgan fingerprint density at radius 2 is 1.96 bits per heavy atom. The first-order valence-corrected chi connectivity index (χ1v) is 9.38. The Morgan fingerprint density at radius 3 is 2.74 bits per heavy atom. The lowest BCUT2D eigenvalue weighted by atomic mass is 10.00. The van der Waals surface area contributed by atoms with E-state index in [9.17, 15) is 13.6 Å². The topological polar surface area (TPSA) is 45.2 Å². The molecule has 7 heteroatoms. The average molecular weight is 385 g/mol. The van der Waals surface area contributed by atoms with Gasteiger partial charge in [-0.1, -0.05) is 24.3 Å². The van der Waals surface area contributed by atoms with Gasteiger partial charge in [0.2, 0.25) is 0 Å². The third kappa shape index (κ3) is 3.55. The number of halogens is 2. The number of aromatic nitrogens is 1. The number of benzene rings is 2. The molecule has 0 saturated carbocycles. The van der Waals surface area contributed by atoms with Crippen molar-refractivity contribution in [3.8, 4) is 0 Å². The van der Waals surface area contributed by atoms with Crippen molar-refractivity contribution in [1.82, 2.24) is 9.88 Å². The maximum atomic E-state index is 13.8. The summed E-state index contributed by atoms with van der Waals surface area (Å²) in [6.45, 7) is 3.01. The second-order valence-corrected chi connectivity index (χ2v) is 7.62. The zero-order chi connectivity index (χ0) is 19.0. The van der Waals surface area contributed by atoms with Crippen molar-refractivity contribution in [1.29, 1.82) is 0 Å². The number of hydrogen-bond donors (Lipinski definition) is 1. The number of hydrogen-bond acceptors (Lipinski definition) is 4. The third-order valence-corrected chi connectivity index (χ3v) is 5.48. The number of amides is 1. The molecule has 4 nitrogen and oxygen atoms in total. The summed E-state index contributed by atoms with van der Waals surface area (Å²) in [5.74, 6) is -1.48. The van der Waals surface area contributed by atoms with Gasteiger partial charge in [-0.25, -0.2) is 13.8 Å². The second kappa shape index (κ2) is 7.08.